The second-order valence-electron chi connectivity index (χ2n) is 4.78. The van der Waals surface area contributed by atoms with Crippen molar-refractivity contribution < 1.29 is 9.84 Å². The Labute approximate surface area is 117 Å². The average Bonchev–Trinajstić information content (AvgIpc) is 2.78. The molecule has 0 amide bonds. The molecule has 0 saturated carbocycles. The number of fused-ring (bicyclic) bond motifs is 1. The van der Waals surface area contributed by atoms with Crippen LogP contribution in [-0.4, -0.2) is 14.9 Å². The van der Waals surface area contributed by atoms with Gasteiger partial charge in [-0.05, 0) is 25.1 Å². The van der Waals surface area contributed by atoms with Crippen molar-refractivity contribution in [1.82, 2.24) is 9.78 Å². The number of aryl methyl sites for hydroxylation is 1. The van der Waals surface area contributed by atoms with Crippen molar-refractivity contribution in [3.63, 3.8) is 0 Å². The fraction of sp³-hybridized carbons (Fsp3) is 0.188. The van der Waals surface area contributed by atoms with Crippen molar-refractivity contribution in [1.29, 1.82) is 0 Å². The van der Waals surface area contributed by atoms with E-state index in [1.165, 1.54) is 0 Å². The molecule has 0 aliphatic rings. The first-order valence-electron chi connectivity index (χ1n) is 6.49. The zero-order valence-electron chi connectivity index (χ0n) is 11.5. The minimum atomic E-state index is 0.244. The van der Waals surface area contributed by atoms with E-state index in [9.17, 15) is 5.11 Å². The molecule has 0 unspecified atom stereocenters. The fourth-order valence-electron chi connectivity index (χ4n) is 2.30. The molecule has 1 N–H and O–H groups in total. The Kier molecular flexibility index (Phi) is 3.06. The van der Waals surface area contributed by atoms with Crippen molar-refractivity contribution in [3.8, 4) is 11.5 Å². The van der Waals surface area contributed by atoms with Gasteiger partial charge >= 0.3 is 0 Å². The monoisotopic (exact) mass is 268 g/mol. The lowest BCUT2D eigenvalue weighted by molar-refractivity contribution is 0.297. The van der Waals surface area contributed by atoms with Crippen molar-refractivity contribution >= 4 is 10.9 Å². The van der Waals surface area contributed by atoms with Crippen LogP contribution in [0, 0.1) is 6.92 Å². The topological polar surface area (TPSA) is 47.3 Å². The Morgan fingerprint density at radius 3 is 2.80 bits per heavy atom. The van der Waals surface area contributed by atoms with Crippen LogP contribution < -0.4 is 4.74 Å². The zero-order chi connectivity index (χ0) is 14.1. The van der Waals surface area contributed by atoms with Crippen LogP contribution in [0.15, 0.2) is 42.5 Å². The minimum absolute atomic E-state index is 0.244. The normalized spacial score (nSPS) is 10.9. The molecule has 0 aliphatic carbocycles. The summed E-state index contributed by atoms with van der Waals surface area (Å²) < 4.78 is 7.64. The largest absolute Gasteiger partial charge is 0.508 e. The molecule has 4 nitrogen and oxygen atoms in total. The van der Waals surface area contributed by atoms with Gasteiger partial charge in [0.05, 0.1) is 5.52 Å². The number of hydrogen-bond donors (Lipinski definition) is 1. The predicted molar refractivity (Wildman–Crippen MR) is 77.9 cm³/mol. The summed E-state index contributed by atoms with van der Waals surface area (Å²) in [6.07, 6.45) is 0. The van der Waals surface area contributed by atoms with Gasteiger partial charge in [0.15, 0.2) is 0 Å². The summed E-state index contributed by atoms with van der Waals surface area (Å²) in [5.74, 6) is 0.924. The molecule has 0 atom stereocenters. The summed E-state index contributed by atoms with van der Waals surface area (Å²) in [4.78, 5) is 0. The molecule has 0 bridgehead atoms. The first-order valence-corrected chi connectivity index (χ1v) is 6.49. The predicted octanol–water partition coefficient (Wildman–Crippen LogP) is 3.17. The molecule has 20 heavy (non-hydrogen) atoms. The molecule has 0 fully saturated rings. The Morgan fingerprint density at radius 1 is 1.15 bits per heavy atom. The van der Waals surface area contributed by atoms with Crippen LogP contribution in [0.1, 0.15) is 11.3 Å². The molecule has 0 aliphatic heterocycles. The van der Waals surface area contributed by atoms with Gasteiger partial charge in [-0.1, -0.05) is 24.3 Å². The highest BCUT2D eigenvalue weighted by atomic mass is 16.5. The van der Waals surface area contributed by atoms with Gasteiger partial charge in [-0.25, -0.2) is 0 Å². The summed E-state index contributed by atoms with van der Waals surface area (Å²) in [7, 11) is 1.92. The maximum absolute atomic E-state index is 9.67. The Morgan fingerprint density at radius 2 is 1.95 bits per heavy atom. The lowest BCUT2D eigenvalue weighted by atomic mass is 10.2. The van der Waals surface area contributed by atoms with Crippen LogP contribution in [0.3, 0.4) is 0 Å². The van der Waals surface area contributed by atoms with Gasteiger partial charge in [-0.3, -0.25) is 4.68 Å². The summed E-state index contributed by atoms with van der Waals surface area (Å²) in [5, 5.41) is 15.3. The first kappa shape index (κ1) is 12.5. The number of rotatable bonds is 3. The number of phenolic OH excluding ortho intramolecular Hbond substituents is 1. The van der Waals surface area contributed by atoms with E-state index >= 15 is 0 Å². The summed E-state index contributed by atoms with van der Waals surface area (Å²) >= 11 is 0. The third kappa shape index (κ3) is 2.09. The Bertz CT molecular complexity index is 762. The molecule has 0 spiro atoms. The third-order valence-corrected chi connectivity index (χ3v) is 3.45. The average molecular weight is 268 g/mol. The Hall–Kier alpha value is -2.49. The number of aromatic hydroxyl groups is 1. The van der Waals surface area contributed by atoms with Gasteiger partial charge in [0.1, 0.15) is 23.8 Å². The number of hydrogen-bond acceptors (Lipinski definition) is 3. The van der Waals surface area contributed by atoms with Crippen molar-refractivity contribution in [2.75, 3.05) is 0 Å². The number of phenols is 1. The first-order chi connectivity index (χ1) is 9.66. The smallest absolute Gasteiger partial charge is 0.133 e. The molecule has 102 valence electrons. The van der Waals surface area contributed by atoms with Crippen LogP contribution in [-0.2, 0) is 13.7 Å². The molecule has 1 heterocycles. The maximum Gasteiger partial charge on any atom is 0.133 e. The van der Waals surface area contributed by atoms with Crippen LogP contribution in [0.2, 0.25) is 0 Å². The van der Waals surface area contributed by atoms with Gasteiger partial charge in [0.25, 0.3) is 0 Å². The number of ether oxygens (including phenoxy) is 1. The molecule has 3 rings (SSSR count). The van der Waals surface area contributed by atoms with Crippen molar-refractivity contribution in [2.45, 2.75) is 13.5 Å². The van der Waals surface area contributed by atoms with Gasteiger partial charge in [0, 0.05) is 18.0 Å². The van der Waals surface area contributed by atoms with E-state index in [0.717, 1.165) is 22.2 Å². The maximum atomic E-state index is 9.67. The van der Waals surface area contributed by atoms with Gasteiger partial charge in [0.2, 0.25) is 0 Å². The standard InChI is InChI=1S/C16H16N2O2/c1-11-15(19)8-5-9-16(11)20-10-13-12-6-3-4-7-14(12)18(2)17-13/h3-9,19H,10H2,1-2H3. The number of nitrogens with zero attached hydrogens (tertiary/aromatic N) is 2. The van der Waals surface area contributed by atoms with Crippen molar-refractivity contribution in [3.05, 3.63) is 53.7 Å². The summed E-state index contributed by atoms with van der Waals surface area (Å²) in [6.45, 7) is 2.22. The van der Waals surface area contributed by atoms with E-state index in [1.54, 1.807) is 12.1 Å². The molecule has 3 aromatic rings. The van der Waals surface area contributed by atoms with Gasteiger partial charge in [-0.15, -0.1) is 0 Å². The lowest BCUT2D eigenvalue weighted by Crippen LogP contribution is -1.99. The highest BCUT2D eigenvalue weighted by Gasteiger charge is 2.10. The molecule has 2 aromatic carbocycles. The summed E-state index contributed by atoms with van der Waals surface area (Å²) in [6, 6.07) is 13.3. The number of aromatic nitrogens is 2. The minimum Gasteiger partial charge on any atom is -0.508 e. The van der Waals surface area contributed by atoms with Crippen molar-refractivity contribution in [2.24, 2.45) is 7.05 Å². The van der Waals surface area contributed by atoms with Gasteiger partial charge in [-0.2, -0.15) is 5.10 Å². The van der Waals surface area contributed by atoms with E-state index in [2.05, 4.69) is 5.10 Å². The second kappa shape index (κ2) is 4.89. The quantitative estimate of drug-likeness (QED) is 0.793. The SMILES string of the molecule is Cc1c(O)cccc1OCc1nn(C)c2ccccc12. The summed E-state index contributed by atoms with van der Waals surface area (Å²) in [5.41, 5.74) is 2.72. The molecule has 0 saturated heterocycles. The molecule has 1 aromatic heterocycles. The van der Waals surface area contributed by atoms with E-state index in [4.69, 9.17) is 4.74 Å². The Balaban J connectivity index is 1.89. The van der Waals surface area contributed by atoms with E-state index in [1.807, 2.05) is 49.0 Å². The number of benzene rings is 2. The lowest BCUT2D eigenvalue weighted by Gasteiger charge is -2.08. The zero-order valence-corrected chi connectivity index (χ0v) is 11.5. The van der Waals surface area contributed by atoms with E-state index in [0.29, 0.717) is 12.4 Å². The fourth-order valence-corrected chi connectivity index (χ4v) is 2.30. The van der Waals surface area contributed by atoms with Crippen LogP contribution in [0.25, 0.3) is 10.9 Å². The second-order valence-corrected chi connectivity index (χ2v) is 4.78. The van der Waals surface area contributed by atoms with Crippen LogP contribution in [0.4, 0.5) is 0 Å². The highest BCUT2D eigenvalue weighted by Crippen LogP contribution is 2.27. The molecular formula is C16H16N2O2. The molecule has 4 heteroatoms. The molecular weight excluding hydrogens is 252 g/mol. The van der Waals surface area contributed by atoms with Crippen LogP contribution in [0.5, 0.6) is 11.5 Å². The number of para-hydroxylation sites is 1. The third-order valence-electron chi connectivity index (χ3n) is 3.45. The van der Waals surface area contributed by atoms with Crippen LogP contribution >= 0.6 is 0 Å². The molecule has 0 radical (unpaired) electrons. The van der Waals surface area contributed by atoms with E-state index < -0.39 is 0 Å². The van der Waals surface area contributed by atoms with E-state index in [-0.39, 0.29) is 5.75 Å². The van der Waals surface area contributed by atoms with Gasteiger partial charge < -0.3 is 9.84 Å². The highest BCUT2D eigenvalue weighted by molar-refractivity contribution is 5.81.